The summed E-state index contributed by atoms with van der Waals surface area (Å²) in [6.45, 7) is 13.0. The molecule has 0 aromatic heterocycles. The maximum atomic E-state index is 13.2. The number of hydrogen-bond acceptors (Lipinski definition) is 2. The number of ether oxygens (including phenoxy) is 1. The Bertz CT molecular complexity index is 527. The van der Waals surface area contributed by atoms with E-state index < -0.39 is 7.26 Å². The van der Waals surface area contributed by atoms with Crippen molar-refractivity contribution in [1.82, 2.24) is 0 Å². The first kappa shape index (κ1) is 25.0. The SMILES string of the molecule is CCCC(C(=O)Nc1c(C)cc(OC)cc1C)[P+](CC)(CC)CC.[Y]. The van der Waals surface area contributed by atoms with Crippen LogP contribution in [0.2, 0.25) is 0 Å². The number of nitrogens with one attached hydrogen (secondary N) is 1. The minimum Gasteiger partial charge on any atom is -0.497 e. The van der Waals surface area contributed by atoms with Gasteiger partial charge in [-0.25, -0.2) is 0 Å². The molecule has 1 aromatic carbocycles. The molecule has 3 nitrogen and oxygen atoms in total. The molecule has 1 rings (SSSR count). The third kappa shape index (κ3) is 6.01. The van der Waals surface area contributed by atoms with Gasteiger partial charge in [0, 0.05) is 45.7 Å². The van der Waals surface area contributed by atoms with Gasteiger partial charge in [0.25, 0.3) is 5.91 Å². The van der Waals surface area contributed by atoms with Crippen LogP contribution in [0.25, 0.3) is 0 Å². The van der Waals surface area contributed by atoms with Crippen LogP contribution in [0.4, 0.5) is 5.69 Å². The number of methoxy groups -OCH3 is 1. The summed E-state index contributed by atoms with van der Waals surface area (Å²) >= 11 is 0. The first-order valence-electron chi connectivity index (χ1n) is 9.20. The Morgan fingerprint density at radius 2 is 1.56 bits per heavy atom. The summed E-state index contributed by atoms with van der Waals surface area (Å²) in [6.07, 6.45) is 5.50. The van der Waals surface area contributed by atoms with Gasteiger partial charge < -0.3 is 10.1 Å². The third-order valence-corrected chi connectivity index (χ3v) is 11.0. The second-order valence-corrected chi connectivity index (χ2v) is 11.6. The molecule has 0 bridgehead atoms. The van der Waals surface area contributed by atoms with Crippen molar-refractivity contribution in [1.29, 1.82) is 0 Å². The van der Waals surface area contributed by atoms with Crippen molar-refractivity contribution in [2.24, 2.45) is 0 Å². The van der Waals surface area contributed by atoms with E-state index in [0.29, 0.717) is 0 Å². The molecule has 0 aliphatic rings. The van der Waals surface area contributed by atoms with Gasteiger partial charge in [-0.2, -0.15) is 0 Å². The second-order valence-electron chi connectivity index (χ2n) is 6.60. The minimum absolute atomic E-state index is 0. The topological polar surface area (TPSA) is 38.3 Å². The van der Waals surface area contributed by atoms with Crippen molar-refractivity contribution < 1.29 is 42.2 Å². The first-order valence-corrected chi connectivity index (χ1v) is 11.6. The molecule has 0 saturated heterocycles. The molecule has 0 aliphatic heterocycles. The Balaban J connectivity index is 0.00000576. The van der Waals surface area contributed by atoms with Crippen LogP contribution in [0.3, 0.4) is 0 Å². The molecule has 0 saturated carbocycles. The van der Waals surface area contributed by atoms with Crippen LogP contribution in [0, 0.1) is 13.8 Å². The van der Waals surface area contributed by atoms with Crippen LogP contribution in [-0.4, -0.2) is 37.2 Å². The fraction of sp³-hybridized carbons (Fsp3) is 0.650. The fourth-order valence-electron chi connectivity index (χ4n) is 3.70. The van der Waals surface area contributed by atoms with Gasteiger partial charge in [0.05, 0.1) is 25.6 Å². The quantitative estimate of drug-likeness (QED) is 0.515. The number of carbonyl (C=O) groups excluding carboxylic acids is 1. The van der Waals surface area contributed by atoms with Gasteiger partial charge in [0.2, 0.25) is 0 Å². The number of hydrogen-bond donors (Lipinski definition) is 1. The van der Waals surface area contributed by atoms with Crippen LogP contribution in [0.5, 0.6) is 5.75 Å². The van der Waals surface area contributed by atoms with Gasteiger partial charge in [-0.3, -0.25) is 4.79 Å². The second kappa shape index (κ2) is 11.7. The van der Waals surface area contributed by atoms with E-state index in [1.165, 1.54) is 0 Å². The Morgan fingerprint density at radius 1 is 1.08 bits per heavy atom. The van der Waals surface area contributed by atoms with Gasteiger partial charge in [-0.1, -0.05) is 13.3 Å². The van der Waals surface area contributed by atoms with Gasteiger partial charge in [-0.05, 0) is 64.3 Å². The number of carbonyl (C=O) groups is 1. The maximum absolute atomic E-state index is 13.2. The normalized spacial score (nSPS) is 12.3. The van der Waals surface area contributed by atoms with E-state index in [-0.39, 0.29) is 44.3 Å². The maximum Gasteiger partial charge on any atom is 0.265 e. The standard InChI is InChI=1S/C20H34NO2P.Y/c1-8-12-18(24(9-2,10-3)11-4)20(22)21-19-15(5)13-17(23-7)14-16(19)6;/h13-14,18H,8-12H2,1-7H3;/p+1. The number of rotatable bonds is 9. The largest absolute Gasteiger partial charge is 0.497 e. The molecule has 1 unspecified atom stereocenters. The van der Waals surface area contributed by atoms with E-state index in [4.69, 9.17) is 4.74 Å². The minimum atomic E-state index is -1.24. The Morgan fingerprint density at radius 3 is 1.92 bits per heavy atom. The summed E-state index contributed by atoms with van der Waals surface area (Å²) in [6, 6.07) is 3.97. The van der Waals surface area contributed by atoms with Crippen molar-refractivity contribution in [3.63, 3.8) is 0 Å². The van der Waals surface area contributed by atoms with E-state index in [0.717, 1.165) is 53.9 Å². The number of aryl methyl sites for hydroxylation is 2. The molecule has 0 aliphatic carbocycles. The molecule has 1 atom stereocenters. The third-order valence-electron chi connectivity index (χ3n) is 5.41. The molecular formula is C20H35NO2PY+. The summed E-state index contributed by atoms with van der Waals surface area (Å²) in [5, 5.41) is 3.26. The molecule has 1 aromatic rings. The molecule has 1 amide bonds. The molecule has 1 radical (unpaired) electrons. The van der Waals surface area contributed by atoms with Crippen molar-refractivity contribution >= 4 is 18.9 Å². The van der Waals surface area contributed by atoms with Crippen LogP contribution in [-0.2, 0) is 37.5 Å². The number of anilines is 1. The van der Waals surface area contributed by atoms with Crippen LogP contribution in [0.1, 0.15) is 51.7 Å². The molecule has 0 fully saturated rings. The zero-order chi connectivity index (χ0) is 18.3. The average Bonchev–Trinajstić information content (AvgIpc) is 2.58. The smallest absolute Gasteiger partial charge is 0.265 e. The van der Waals surface area contributed by atoms with Gasteiger partial charge in [-0.15, -0.1) is 0 Å². The van der Waals surface area contributed by atoms with Crippen LogP contribution < -0.4 is 10.1 Å². The molecular weight excluding hydrogens is 406 g/mol. The predicted molar refractivity (Wildman–Crippen MR) is 108 cm³/mol. The van der Waals surface area contributed by atoms with Gasteiger partial charge in [0.15, 0.2) is 0 Å². The Labute approximate surface area is 180 Å². The van der Waals surface area contributed by atoms with Crippen molar-refractivity contribution in [3.8, 4) is 5.75 Å². The fourth-order valence-corrected chi connectivity index (χ4v) is 7.74. The van der Waals surface area contributed by atoms with Gasteiger partial charge >= 0.3 is 0 Å². The van der Waals surface area contributed by atoms with Crippen molar-refractivity contribution in [3.05, 3.63) is 23.3 Å². The predicted octanol–water partition coefficient (Wildman–Crippen LogP) is 5.49. The average molecular weight is 441 g/mol. The Kier molecular flexibility index (Phi) is 11.7. The summed E-state index contributed by atoms with van der Waals surface area (Å²) in [5.74, 6) is 1.05. The molecule has 0 spiro atoms. The van der Waals surface area contributed by atoms with E-state index in [9.17, 15) is 4.79 Å². The van der Waals surface area contributed by atoms with Gasteiger partial charge in [0.1, 0.15) is 11.4 Å². The summed E-state index contributed by atoms with van der Waals surface area (Å²) < 4.78 is 5.32. The summed E-state index contributed by atoms with van der Waals surface area (Å²) in [5.41, 5.74) is 3.24. The summed E-state index contributed by atoms with van der Waals surface area (Å²) in [4.78, 5) is 13.2. The molecule has 5 heteroatoms. The first-order chi connectivity index (χ1) is 11.4. The zero-order valence-electron chi connectivity index (χ0n) is 17.1. The van der Waals surface area contributed by atoms with Crippen molar-refractivity contribution in [2.45, 2.75) is 60.0 Å². The monoisotopic (exact) mass is 441 g/mol. The van der Waals surface area contributed by atoms with E-state index in [2.05, 4.69) is 33.0 Å². The van der Waals surface area contributed by atoms with E-state index in [1.807, 2.05) is 26.0 Å². The summed E-state index contributed by atoms with van der Waals surface area (Å²) in [7, 11) is 0.432. The van der Waals surface area contributed by atoms with E-state index >= 15 is 0 Å². The van der Waals surface area contributed by atoms with Crippen LogP contribution >= 0.6 is 7.26 Å². The molecule has 0 heterocycles. The molecule has 1 N–H and O–H groups in total. The van der Waals surface area contributed by atoms with E-state index in [1.54, 1.807) is 7.11 Å². The molecule has 25 heavy (non-hydrogen) atoms. The number of amides is 1. The Hall–Kier alpha value is 0.0239. The number of benzene rings is 1. The van der Waals surface area contributed by atoms with Crippen molar-refractivity contribution in [2.75, 3.05) is 30.9 Å². The zero-order valence-corrected chi connectivity index (χ0v) is 20.8. The van der Waals surface area contributed by atoms with Crippen LogP contribution in [0.15, 0.2) is 12.1 Å². The molecule has 139 valence electrons.